The summed E-state index contributed by atoms with van der Waals surface area (Å²) in [5, 5.41) is 0.646. The number of benzene rings is 1. The Hall–Kier alpha value is -1.31. The lowest BCUT2D eigenvalue weighted by atomic mass is 10.2. The molecule has 0 amide bonds. The van der Waals surface area contributed by atoms with Crippen LogP contribution in [0.1, 0.15) is 5.56 Å². The van der Waals surface area contributed by atoms with Crippen molar-refractivity contribution in [2.24, 2.45) is 0 Å². The van der Waals surface area contributed by atoms with E-state index in [1.807, 2.05) is 19.1 Å². The molecule has 2 heterocycles. The first-order valence-electron chi connectivity index (χ1n) is 3.10. The van der Waals surface area contributed by atoms with Crippen molar-refractivity contribution in [3.63, 3.8) is 0 Å². The van der Waals surface area contributed by atoms with E-state index in [-0.39, 0.29) is 5.63 Å². The molecule has 0 fully saturated rings. The van der Waals surface area contributed by atoms with Crippen molar-refractivity contribution < 1.29 is 4.42 Å². The number of hydrogen-bond acceptors (Lipinski definition) is 2. The van der Waals surface area contributed by atoms with Crippen LogP contribution in [0, 0.1) is 6.92 Å². The van der Waals surface area contributed by atoms with Gasteiger partial charge >= 0.3 is 5.63 Å². The van der Waals surface area contributed by atoms with Gasteiger partial charge in [-0.3, -0.25) is 0 Å². The van der Waals surface area contributed by atoms with Gasteiger partial charge in [0.05, 0.1) is 5.39 Å². The van der Waals surface area contributed by atoms with Gasteiger partial charge in [0.2, 0.25) is 0 Å². The standard InChI is InChI=1S/C8H6O2/c1-5-4-6-2-3-7(5)10-8(6)9/h2-4H,1H3. The fourth-order valence-corrected chi connectivity index (χ4v) is 1.05. The Morgan fingerprint density at radius 1 is 1.40 bits per heavy atom. The van der Waals surface area contributed by atoms with E-state index in [2.05, 4.69) is 0 Å². The van der Waals surface area contributed by atoms with Crippen molar-refractivity contribution >= 4 is 11.0 Å². The molecule has 0 aliphatic rings. The summed E-state index contributed by atoms with van der Waals surface area (Å²) in [5.74, 6) is 0. The molecule has 0 aliphatic heterocycles. The van der Waals surface area contributed by atoms with Gasteiger partial charge in [0.25, 0.3) is 0 Å². The van der Waals surface area contributed by atoms with Gasteiger partial charge in [-0.2, -0.15) is 0 Å². The van der Waals surface area contributed by atoms with Crippen molar-refractivity contribution in [1.29, 1.82) is 0 Å². The Labute approximate surface area is 57.4 Å². The monoisotopic (exact) mass is 134 g/mol. The van der Waals surface area contributed by atoms with E-state index in [9.17, 15) is 4.79 Å². The molecule has 50 valence electrons. The first-order chi connectivity index (χ1) is 4.77. The van der Waals surface area contributed by atoms with Gasteiger partial charge in [-0.25, -0.2) is 4.79 Å². The molecule has 0 spiro atoms. The van der Waals surface area contributed by atoms with Gasteiger partial charge in [-0.1, -0.05) is 0 Å². The smallest absolute Gasteiger partial charge is 0.343 e. The maximum atomic E-state index is 10.8. The minimum absolute atomic E-state index is 0.233. The van der Waals surface area contributed by atoms with Crippen LogP contribution in [0.5, 0.6) is 0 Å². The van der Waals surface area contributed by atoms with Gasteiger partial charge < -0.3 is 4.42 Å². The van der Waals surface area contributed by atoms with Crippen LogP contribution in [-0.4, -0.2) is 0 Å². The first kappa shape index (κ1) is 5.47. The first-order valence-corrected chi connectivity index (χ1v) is 3.10. The van der Waals surface area contributed by atoms with Gasteiger partial charge in [-0.05, 0) is 30.7 Å². The highest BCUT2D eigenvalue weighted by molar-refractivity contribution is 5.64. The van der Waals surface area contributed by atoms with E-state index in [1.165, 1.54) is 0 Å². The Morgan fingerprint density at radius 3 is 2.50 bits per heavy atom. The SMILES string of the molecule is Cc1cc2ccc1oc2=O. The lowest BCUT2D eigenvalue weighted by molar-refractivity contribution is 0.559. The van der Waals surface area contributed by atoms with Crippen LogP contribution < -0.4 is 5.63 Å². The lowest BCUT2D eigenvalue weighted by Crippen LogP contribution is -2.00. The zero-order valence-corrected chi connectivity index (χ0v) is 5.55. The van der Waals surface area contributed by atoms with Gasteiger partial charge in [0.1, 0.15) is 5.58 Å². The summed E-state index contributed by atoms with van der Waals surface area (Å²) in [6.45, 7) is 1.92. The second-order valence-electron chi connectivity index (χ2n) is 2.37. The maximum Gasteiger partial charge on any atom is 0.343 e. The summed E-state index contributed by atoms with van der Waals surface area (Å²) < 4.78 is 4.88. The highest BCUT2D eigenvalue weighted by atomic mass is 16.4. The number of rotatable bonds is 0. The van der Waals surface area contributed by atoms with Crippen molar-refractivity contribution in [2.45, 2.75) is 6.92 Å². The highest BCUT2D eigenvalue weighted by Gasteiger charge is 2.01. The summed E-state index contributed by atoms with van der Waals surface area (Å²) in [6.07, 6.45) is 0. The van der Waals surface area contributed by atoms with Crippen molar-refractivity contribution in [3.05, 3.63) is 34.2 Å². The fraction of sp³-hybridized carbons (Fsp3) is 0.125. The van der Waals surface area contributed by atoms with E-state index in [1.54, 1.807) is 6.07 Å². The molecule has 2 aromatic heterocycles. The van der Waals surface area contributed by atoms with Crippen molar-refractivity contribution in [3.8, 4) is 0 Å². The molecule has 2 heteroatoms. The molecule has 10 heavy (non-hydrogen) atoms. The average Bonchev–Trinajstić information content (AvgIpc) is 1.91. The molecule has 1 aromatic carbocycles. The molecule has 0 unspecified atom stereocenters. The zero-order valence-electron chi connectivity index (χ0n) is 5.55. The van der Waals surface area contributed by atoms with Crippen LogP contribution in [0.15, 0.2) is 27.4 Å². The Kier molecular flexibility index (Phi) is 0.873. The zero-order chi connectivity index (χ0) is 7.14. The second-order valence-corrected chi connectivity index (χ2v) is 2.37. The largest absolute Gasteiger partial charge is 0.423 e. The maximum absolute atomic E-state index is 10.8. The lowest BCUT2D eigenvalue weighted by Gasteiger charge is -1.98. The molecule has 0 saturated heterocycles. The third kappa shape index (κ3) is 0.559. The van der Waals surface area contributed by atoms with Crippen LogP contribution in [0.4, 0.5) is 0 Å². The molecule has 3 rings (SSSR count). The van der Waals surface area contributed by atoms with E-state index in [0.29, 0.717) is 11.0 Å². The summed E-state index contributed by atoms with van der Waals surface area (Å²) in [4.78, 5) is 10.8. The molecular formula is C8H6O2. The third-order valence-corrected chi connectivity index (χ3v) is 1.61. The minimum atomic E-state index is -0.233. The van der Waals surface area contributed by atoms with E-state index in [0.717, 1.165) is 5.56 Å². The molecular weight excluding hydrogens is 128 g/mol. The predicted molar refractivity (Wildman–Crippen MR) is 38.4 cm³/mol. The van der Waals surface area contributed by atoms with Gasteiger partial charge in [0.15, 0.2) is 0 Å². The summed E-state index contributed by atoms with van der Waals surface area (Å²) in [7, 11) is 0. The Morgan fingerprint density at radius 2 is 2.20 bits per heavy atom. The van der Waals surface area contributed by atoms with Crippen LogP contribution in [0.2, 0.25) is 0 Å². The molecule has 2 nitrogen and oxygen atoms in total. The number of aryl methyl sites for hydroxylation is 1. The van der Waals surface area contributed by atoms with E-state index >= 15 is 0 Å². The average molecular weight is 134 g/mol. The molecule has 3 aromatic rings. The fourth-order valence-electron chi connectivity index (χ4n) is 1.05. The van der Waals surface area contributed by atoms with Gasteiger partial charge in [0, 0.05) is 0 Å². The normalized spacial score (nSPS) is 10.9. The van der Waals surface area contributed by atoms with Crippen molar-refractivity contribution in [1.82, 2.24) is 0 Å². The topological polar surface area (TPSA) is 30.2 Å². The quantitative estimate of drug-likeness (QED) is 0.547. The number of hydrogen-bond donors (Lipinski definition) is 0. The molecule has 2 bridgehead atoms. The van der Waals surface area contributed by atoms with Gasteiger partial charge in [-0.15, -0.1) is 0 Å². The van der Waals surface area contributed by atoms with Crippen LogP contribution >= 0.6 is 0 Å². The Bertz CT molecular complexity index is 400. The predicted octanol–water partition coefficient (Wildman–Crippen LogP) is 1.54. The number of fused-ring (bicyclic) bond motifs is 3. The minimum Gasteiger partial charge on any atom is -0.423 e. The van der Waals surface area contributed by atoms with E-state index in [4.69, 9.17) is 4.42 Å². The molecule has 0 radical (unpaired) electrons. The third-order valence-electron chi connectivity index (χ3n) is 1.61. The van der Waals surface area contributed by atoms with Crippen LogP contribution in [-0.2, 0) is 0 Å². The molecule has 0 atom stereocenters. The molecule has 0 N–H and O–H groups in total. The second kappa shape index (κ2) is 1.59. The summed E-state index contributed by atoms with van der Waals surface area (Å²) >= 11 is 0. The molecule has 0 saturated carbocycles. The summed E-state index contributed by atoms with van der Waals surface area (Å²) in [6, 6.07) is 5.42. The Balaban J connectivity index is 3.09. The van der Waals surface area contributed by atoms with Crippen LogP contribution in [0.3, 0.4) is 0 Å². The van der Waals surface area contributed by atoms with Crippen molar-refractivity contribution in [2.75, 3.05) is 0 Å². The molecule has 0 aliphatic carbocycles. The highest BCUT2D eigenvalue weighted by Crippen LogP contribution is 2.12. The van der Waals surface area contributed by atoms with E-state index < -0.39 is 0 Å². The summed E-state index contributed by atoms with van der Waals surface area (Å²) in [5.41, 5.74) is 1.47. The van der Waals surface area contributed by atoms with Crippen LogP contribution in [0.25, 0.3) is 11.0 Å².